The van der Waals surface area contributed by atoms with Gasteiger partial charge in [-0.1, -0.05) is 12.8 Å². The maximum atomic E-state index is 12.4. The largest absolute Gasteiger partial charge is 0.497 e. The molecule has 0 aromatic heterocycles. The standard InChI is InChI=1S/C17H26N2O2/c1-21-15-9-10-16-14(13-15)7-6-12-19(16)17(20)8-4-2-3-5-11-18/h9-10,13H,2-8,11-12,18H2,1H3. The minimum Gasteiger partial charge on any atom is -0.497 e. The summed E-state index contributed by atoms with van der Waals surface area (Å²) >= 11 is 0. The minimum atomic E-state index is 0.244. The van der Waals surface area contributed by atoms with E-state index in [0.717, 1.165) is 63.1 Å². The van der Waals surface area contributed by atoms with Crippen LogP contribution in [-0.2, 0) is 11.2 Å². The maximum Gasteiger partial charge on any atom is 0.226 e. The molecular formula is C17H26N2O2. The summed E-state index contributed by atoms with van der Waals surface area (Å²) in [5, 5.41) is 0. The number of rotatable bonds is 7. The Balaban J connectivity index is 1.94. The molecule has 1 amide bonds. The number of aryl methyl sites for hydroxylation is 1. The van der Waals surface area contributed by atoms with Crippen molar-refractivity contribution in [3.8, 4) is 5.75 Å². The Morgan fingerprint density at radius 3 is 2.86 bits per heavy atom. The first-order valence-electron chi connectivity index (χ1n) is 7.93. The molecule has 4 nitrogen and oxygen atoms in total. The molecule has 1 heterocycles. The van der Waals surface area contributed by atoms with Crippen LogP contribution in [-0.4, -0.2) is 26.1 Å². The second-order valence-electron chi connectivity index (χ2n) is 5.60. The van der Waals surface area contributed by atoms with Gasteiger partial charge in [0.25, 0.3) is 0 Å². The molecule has 0 unspecified atom stereocenters. The van der Waals surface area contributed by atoms with E-state index in [-0.39, 0.29) is 5.91 Å². The minimum absolute atomic E-state index is 0.244. The summed E-state index contributed by atoms with van der Waals surface area (Å²) in [7, 11) is 1.68. The number of hydrogen-bond acceptors (Lipinski definition) is 3. The first-order chi connectivity index (χ1) is 10.3. The van der Waals surface area contributed by atoms with Crippen LogP contribution in [0.25, 0.3) is 0 Å². The number of carbonyl (C=O) groups is 1. The van der Waals surface area contributed by atoms with Gasteiger partial charge in [0.1, 0.15) is 5.75 Å². The molecule has 0 spiro atoms. The van der Waals surface area contributed by atoms with Crippen LogP contribution in [0.5, 0.6) is 5.75 Å². The summed E-state index contributed by atoms with van der Waals surface area (Å²) in [6.45, 7) is 1.58. The van der Waals surface area contributed by atoms with E-state index >= 15 is 0 Å². The van der Waals surface area contributed by atoms with Crippen molar-refractivity contribution >= 4 is 11.6 Å². The number of benzene rings is 1. The predicted molar refractivity (Wildman–Crippen MR) is 85.8 cm³/mol. The van der Waals surface area contributed by atoms with Gasteiger partial charge >= 0.3 is 0 Å². The normalized spacial score (nSPS) is 13.9. The Bertz CT molecular complexity index is 474. The lowest BCUT2D eigenvalue weighted by molar-refractivity contribution is -0.118. The third-order valence-corrected chi connectivity index (χ3v) is 4.05. The zero-order valence-electron chi connectivity index (χ0n) is 12.9. The fraction of sp³-hybridized carbons (Fsp3) is 0.588. The molecule has 21 heavy (non-hydrogen) atoms. The van der Waals surface area contributed by atoms with Crippen molar-refractivity contribution in [3.05, 3.63) is 23.8 Å². The molecular weight excluding hydrogens is 264 g/mol. The Hall–Kier alpha value is -1.55. The van der Waals surface area contributed by atoms with Crippen LogP contribution in [0.4, 0.5) is 5.69 Å². The molecule has 4 heteroatoms. The fourth-order valence-corrected chi connectivity index (χ4v) is 2.87. The summed E-state index contributed by atoms with van der Waals surface area (Å²) in [5.41, 5.74) is 7.76. The summed E-state index contributed by atoms with van der Waals surface area (Å²) in [5.74, 6) is 1.11. The lowest BCUT2D eigenvalue weighted by Gasteiger charge is -2.30. The number of carbonyl (C=O) groups excluding carboxylic acids is 1. The van der Waals surface area contributed by atoms with Crippen molar-refractivity contribution < 1.29 is 9.53 Å². The first kappa shape index (κ1) is 15.8. The molecule has 2 N–H and O–H groups in total. The van der Waals surface area contributed by atoms with Crippen molar-refractivity contribution in [2.24, 2.45) is 5.73 Å². The highest BCUT2D eigenvalue weighted by Crippen LogP contribution is 2.31. The number of unbranched alkanes of at least 4 members (excludes halogenated alkanes) is 3. The third kappa shape index (κ3) is 4.21. The van der Waals surface area contributed by atoms with Crippen LogP contribution in [0.3, 0.4) is 0 Å². The topological polar surface area (TPSA) is 55.6 Å². The Labute approximate surface area is 127 Å². The number of methoxy groups -OCH3 is 1. The van der Waals surface area contributed by atoms with Gasteiger partial charge in [0.2, 0.25) is 5.91 Å². The van der Waals surface area contributed by atoms with E-state index in [1.807, 2.05) is 17.0 Å². The molecule has 0 saturated carbocycles. The highest BCUT2D eigenvalue weighted by molar-refractivity contribution is 5.94. The van der Waals surface area contributed by atoms with Crippen LogP contribution in [0.2, 0.25) is 0 Å². The van der Waals surface area contributed by atoms with E-state index in [1.54, 1.807) is 7.11 Å². The average Bonchev–Trinajstić information content (AvgIpc) is 2.53. The van der Waals surface area contributed by atoms with Gasteiger partial charge < -0.3 is 15.4 Å². The molecule has 1 aromatic rings. The van der Waals surface area contributed by atoms with Crippen LogP contribution < -0.4 is 15.4 Å². The monoisotopic (exact) mass is 290 g/mol. The number of nitrogens with zero attached hydrogens (tertiary/aromatic N) is 1. The van der Waals surface area contributed by atoms with Gasteiger partial charge in [-0.05, 0) is 56.0 Å². The molecule has 1 aliphatic rings. The molecule has 0 fully saturated rings. The Morgan fingerprint density at radius 1 is 1.29 bits per heavy atom. The molecule has 0 radical (unpaired) electrons. The molecule has 1 aliphatic heterocycles. The lowest BCUT2D eigenvalue weighted by Crippen LogP contribution is -2.35. The molecule has 1 aromatic carbocycles. The van der Waals surface area contributed by atoms with Crippen LogP contribution in [0.1, 0.15) is 44.1 Å². The number of ether oxygens (including phenoxy) is 1. The van der Waals surface area contributed by atoms with Crippen molar-refractivity contribution in [2.45, 2.75) is 44.9 Å². The van der Waals surface area contributed by atoms with Gasteiger partial charge in [0.15, 0.2) is 0 Å². The zero-order valence-corrected chi connectivity index (χ0v) is 12.9. The van der Waals surface area contributed by atoms with Crippen molar-refractivity contribution in [1.29, 1.82) is 0 Å². The SMILES string of the molecule is COc1ccc2c(c1)CCCN2C(=O)CCCCCCN. The summed E-state index contributed by atoms with van der Waals surface area (Å²) in [6, 6.07) is 6.00. The third-order valence-electron chi connectivity index (χ3n) is 4.05. The van der Waals surface area contributed by atoms with E-state index in [9.17, 15) is 4.79 Å². The van der Waals surface area contributed by atoms with E-state index < -0.39 is 0 Å². The average molecular weight is 290 g/mol. The van der Waals surface area contributed by atoms with E-state index in [2.05, 4.69) is 6.07 Å². The van der Waals surface area contributed by atoms with Gasteiger partial charge in [-0.25, -0.2) is 0 Å². The highest BCUT2D eigenvalue weighted by Gasteiger charge is 2.22. The maximum absolute atomic E-state index is 12.4. The number of fused-ring (bicyclic) bond motifs is 1. The quantitative estimate of drug-likeness (QED) is 0.786. The smallest absolute Gasteiger partial charge is 0.226 e. The summed E-state index contributed by atoms with van der Waals surface area (Å²) < 4.78 is 5.26. The molecule has 0 saturated heterocycles. The molecule has 116 valence electrons. The van der Waals surface area contributed by atoms with Crippen molar-refractivity contribution in [1.82, 2.24) is 0 Å². The number of anilines is 1. The lowest BCUT2D eigenvalue weighted by atomic mass is 10.0. The van der Waals surface area contributed by atoms with Crippen molar-refractivity contribution in [2.75, 3.05) is 25.1 Å². The number of amides is 1. The van der Waals surface area contributed by atoms with Gasteiger partial charge in [-0.15, -0.1) is 0 Å². The van der Waals surface area contributed by atoms with E-state index in [4.69, 9.17) is 10.5 Å². The van der Waals surface area contributed by atoms with E-state index in [1.165, 1.54) is 5.56 Å². The second kappa shape index (κ2) is 8.03. The Morgan fingerprint density at radius 2 is 2.10 bits per heavy atom. The van der Waals surface area contributed by atoms with Gasteiger partial charge in [-0.2, -0.15) is 0 Å². The predicted octanol–water partition coefficient (Wildman–Crippen LogP) is 2.88. The molecule has 2 rings (SSSR count). The molecule has 0 atom stereocenters. The summed E-state index contributed by atoms with van der Waals surface area (Å²) in [6.07, 6.45) is 6.91. The zero-order chi connectivity index (χ0) is 15.1. The molecule has 0 aliphatic carbocycles. The van der Waals surface area contributed by atoms with Crippen molar-refractivity contribution in [3.63, 3.8) is 0 Å². The summed E-state index contributed by atoms with van der Waals surface area (Å²) in [4.78, 5) is 14.4. The second-order valence-corrected chi connectivity index (χ2v) is 5.60. The van der Waals surface area contributed by atoms with Crippen LogP contribution in [0, 0.1) is 0 Å². The fourth-order valence-electron chi connectivity index (χ4n) is 2.87. The van der Waals surface area contributed by atoms with Crippen LogP contribution in [0.15, 0.2) is 18.2 Å². The van der Waals surface area contributed by atoms with Gasteiger partial charge in [-0.3, -0.25) is 4.79 Å². The van der Waals surface area contributed by atoms with Gasteiger partial charge in [0.05, 0.1) is 7.11 Å². The highest BCUT2D eigenvalue weighted by atomic mass is 16.5. The number of hydrogen-bond donors (Lipinski definition) is 1. The number of nitrogens with two attached hydrogens (primary N) is 1. The molecule has 0 bridgehead atoms. The Kier molecular flexibility index (Phi) is 6.05. The van der Waals surface area contributed by atoms with Gasteiger partial charge in [0, 0.05) is 18.7 Å². The first-order valence-corrected chi connectivity index (χ1v) is 7.93. The van der Waals surface area contributed by atoms with E-state index in [0.29, 0.717) is 6.42 Å². The van der Waals surface area contributed by atoms with Crippen LogP contribution >= 0.6 is 0 Å².